The summed E-state index contributed by atoms with van der Waals surface area (Å²) in [6.45, 7) is 2.22. The Morgan fingerprint density at radius 1 is 1.06 bits per heavy atom. The zero-order valence-electron chi connectivity index (χ0n) is 10.1. The Hall–Kier alpha value is -2.10. The van der Waals surface area contributed by atoms with E-state index in [0.29, 0.717) is 0 Å². The van der Waals surface area contributed by atoms with Crippen molar-refractivity contribution in [2.45, 2.75) is 12.8 Å². The third-order valence-electron chi connectivity index (χ3n) is 3.60. The van der Waals surface area contributed by atoms with E-state index in [4.69, 9.17) is 4.98 Å². The highest BCUT2D eigenvalue weighted by Crippen LogP contribution is 2.26. The number of rotatable bonds is 1. The highest BCUT2D eigenvalue weighted by molar-refractivity contribution is 5.82. The van der Waals surface area contributed by atoms with Gasteiger partial charge in [0, 0.05) is 25.5 Å². The van der Waals surface area contributed by atoms with E-state index in [0.717, 1.165) is 35.6 Å². The number of anilines is 1. The van der Waals surface area contributed by atoms with Crippen molar-refractivity contribution < 1.29 is 0 Å². The van der Waals surface area contributed by atoms with Gasteiger partial charge in [0.25, 0.3) is 0 Å². The summed E-state index contributed by atoms with van der Waals surface area (Å²) >= 11 is 0. The van der Waals surface area contributed by atoms with E-state index in [-0.39, 0.29) is 0 Å². The van der Waals surface area contributed by atoms with Crippen molar-refractivity contribution >= 4 is 22.5 Å². The number of hydrogen-bond acceptors (Lipinski definition) is 3. The first-order valence-electron chi connectivity index (χ1n) is 6.40. The summed E-state index contributed by atoms with van der Waals surface area (Å²) in [5.74, 6) is 1.10. The van der Waals surface area contributed by atoms with Crippen molar-refractivity contribution in [2.75, 3.05) is 18.0 Å². The summed E-state index contributed by atoms with van der Waals surface area (Å²) < 4.78 is 2.13. The van der Waals surface area contributed by atoms with Gasteiger partial charge < -0.3 is 4.90 Å². The highest BCUT2D eigenvalue weighted by Gasteiger charge is 2.18. The smallest absolute Gasteiger partial charge is 0.163 e. The lowest BCUT2D eigenvalue weighted by molar-refractivity contribution is 0.941. The summed E-state index contributed by atoms with van der Waals surface area (Å²) in [7, 11) is 0. The van der Waals surface area contributed by atoms with Crippen LogP contribution in [0.3, 0.4) is 0 Å². The average molecular weight is 238 g/mol. The van der Waals surface area contributed by atoms with Gasteiger partial charge in [0.1, 0.15) is 5.52 Å². The molecule has 1 saturated heterocycles. The van der Waals surface area contributed by atoms with Gasteiger partial charge in [0.2, 0.25) is 0 Å². The van der Waals surface area contributed by atoms with Gasteiger partial charge in [-0.3, -0.25) is 4.40 Å². The molecule has 0 saturated carbocycles. The van der Waals surface area contributed by atoms with Crippen LogP contribution < -0.4 is 4.90 Å². The van der Waals surface area contributed by atoms with E-state index >= 15 is 0 Å². The standard InChI is InChI=1S/C14H14N4/c1-2-9-17(8-1)14-12-6-4-10-18(12)13-11(16-14)5-3-7-15-13/h3-7,10H,1-2,8-9H2. The predicted molar refractivity (Wildman–Crippen MR) is 71.9 cm³/mol. The van der Waals surface area contributed by atoms with Gasteiger partial charge in [-0.25, -0.2) is 9.97 Å². The Bertz CT molecular complexity index is 710. The van der Waals surface area contributed by atoms with Crippen molar-refractivity contribution in [3.8, 4) is 0 Å². The summed E-state index contributed by atoms with van der Waals surface area (Å²) in [6, 6.07) is 8.15. The first-order valence-corrected chi connectivity index (χ1v) is 6.40. The SMILES string of the molecule is c1cnc2c(c1)nc(N1CCCC1)c1cccn12. The van der Waals surface area contributed by atoms with Gasteiger partial charge in [0.15, 0.2) is 11.5 Å². The highest BCUT2D eigenvalue weighted by atomic mass is 15.2. The summed E-state index contributed by atoms with van der Waals surface area (Å²) in [4.78, 5) is 11.6. The maximum absolute atomic E-state index is 4.80. The molecule has 4 heteroatoms. The lowest BCUT2D eigenvalue weighted by Crippen LogP contribution is -2.20. The van der Waals surface area contributed by atoms with Crippen molar-refractivity contribution in [1.29, 1.82) is 0 Å². The molecule has 18 heavy (non-hydrogen) atoms. The van der Waals surface area contributed by atoms with Crippen LogP contribution in [0.15, 0.2) is 36.7 Å². The molecule has 0 aromatic carbocycles. The maximum atomic E-state index is 4.80. The van der Waals surface area contributed by atoms with Gasteiger partial charge in [-0.2, -0.15) is 0 Å². The van der Waals surface area contributed by atoms with Crippen molar-refractivity contribution in [3.05, 3.63) is 36.7 Å². The van der Waals surface area contributed by atoms with Gasteiger partial charge in [-0.05, 0) is 37.1 Å². The van der Waals surface area contributed by atoms with Crippen LogP contribution in [0.5, 0.6) is 0 Å². The molecule has 3 aromatic rings. The first-order chi connectivity index (χ1) is 8.93. The van der Waals surface area contributed by atoms with Crippen LogP contribution in [0.2, 0.25) is 0 Å². The minimum Gasteiger partial charge on any atom is -0.355 e. The Morgan fingerprint density at radius 3 is 2.83 bits per heavy atom. The molecule has 3 aromatic heterocycles. The third-order valence-corrected chi connectivity index (χ3v) is 3.60. The van der Waals surface area contributed by atoms with E-state index in [1.54, 1.807) is 0 Å². The number of pyridine rings is 1. The van der Waals surface area contributed by atoms with Gasteiger partial charge in [-0.15, -0.1) is 0 Å². The second kappa shape index (κ2) is 3.70. The fourth-order valence-corrected chi connectivity index (χ4v) is 2.74. The molecule has 1 fully saturated rings. The van der Waals surface area contributed by atoms with Crippen LogP contribution in [-0.4, -0.2) is 27.5 Å². The quantitative estimate of drug-likeness (QED) is 0.653. The summed E-state index contributed by atoms with van der Waals surface area (Å²) in [5.41, 5.74) is 3.05. The fourth-order valence-electron chi connectivity index (χ4n) is 2.74. The molecule has 1 aliphatic rings. The Labute approximate surface area is 105 Å². The molecule has 0 bridgehead atoms. The predicted octanol–water partition coefficient (Wildman–Crippen LogP) is 2.48. The third kappa shape index (κ3) is 1.32. The van der Waals surface area contributed by atoms with Crippen LogP contribution in [0.1, 0.15) is 12.8 Å². The first kappa shape index (κ1) is 9.88. The Kier molecular flexibility index (Phi) is 2.03. The molecule has 1 aliphatic heterocycles. The summed E-state index contributed by atoms with van der Waals surface area (Å²) in [6.07, 6.45) is 6.41. The molecular formula is C14H14N4. The number of aromatic nitrogens is 3. The molecule has 0 aliphatic carbocycles. The number of fused-ring (bicyclic) bond motifs is 3. The zero-order chi connectivity index (χ0) is 11.9. The van der Waals surface area contributed by atoms with Crippen molar-refractivity contribution in [3.63, 3.8) is 0 Å². The minimum atomic E-state index is 0.931. The van der Waals surface area contributed by atoms with Gasteiger partial charge in [-0.1, -0.05) is 0 Å². The van der Waals surface area contributed by atoms with Crippen molar-refractivity contribution in [2.24, 2.45) is 0 Å². The molecule has 0 amide bonds. The molecule has 0 spiro atoms. The Balaban J connectivity index is 2.07. The largest absolute Gasteiger partial charge is 0.355 e. The van der Waals surface area contributed by atoms with E-state index in [1.807, 2.05) is 18.3 Å². The van der Waals surface area contributed by atoms with Crippen LogP contribution in [0.4, 0.5) is 5.82 Å². The lowest BCUT2D eigenvalue weighted by atomic mass is 10.3. The summed E-state index contributed by atoms with van der Waals surface area (Å²) in [5, 5.41) is 0. The molecule has 0 N–H and O–H groups in total. The number of hydrogen-bond donors (Lipinski definition) is 0. The fraction of sp³-hybridized carbons (Fsp3) is 0.286. The molecule has 90 valence electrons. The zero-order valence-corrected chi connectivity index (χ0v) is 10.1. The molecule has 4 rings (SSSR count). The van der Waals surface area contributed by atoms with Gasteiger partial charge in [0.05, 0.1) is 5.52 Å². The van der Waals surface area contributed by atoms with Gasteiger partial charge >= 0.3 is 0 Å². The minimum absolute atomic E-state index is 0.931. The topological polar surface area (TPSA) is 33.4 Å². The molecule has 0 radical (unpaired) electrons. The molecule has 0 atom stereocenters. The number of nitrogens with zero attached hydrogens (tertiary/aromatic N) is 4. The van der Waals surface area contributed by atoms with E-state index in [2.05, 4.69) is 32.6 Å². The molecule has 0 unspecified atom stereocenters. The van der Waals surface area contributed by atoms with E-state index < -0.39 is 0 Å². The lowest BCUT2D eigenvalue weighted by Gasteiger charge is -2.18. The van der Waals surface area contributed by atoms with E-state index in [1.165, 1.54) is 12.8 Å². The van der Waals surface area contributed by atoms with Crippen LogP contribution in [0, 0.1) is 0 Å². The second-order valence-electron chi connectivity index (χ2n) is 4.74. The average Bonchev–Trinajstić information content (AvgIpc) is 3.09. The van der Waals surface area contributed by atoms with Crippen LogP contribution in [0.25, 0.3) is 16.7 Å². The van der Waals surface area contributed by atoms with Crippen molar-refractivity contribution in [1.82, 2.24) is 14.4 Å². The van der Waals surface area contributed by atoms with E-state index in [9.17, 15) is 0 Å². The maximum Gasteiger partial charge on any atom is 0.163 e. The monoisotopic (exact) mass is 238 g/mol. The molecule has 4 heterocycles. The van der Waals surface area contributed by atoms with Crippen LogP contribution >= 0.6 is 0 Å². The second-order valence-corrected chi connectivity index (χ2v) is 4.74. The van der Waals surface area contributed by atoms with Crippen LogP contribution in [-0.2, 0) is 0 Å². The normalized spacial score (nSPS) is 15.9. The molecule has 4 nitrogen and oxygen atoms in total. The molecular weight excluding hydrogens is 224 g/mol. The Morgan fingerprint density at radius 2 is 1.94 bits per heavy atom.